The summed E-state index contributed by atoms with van der Waals surface area (Å²) in [5.74, 6) is -1.31. The predicted octanol–water partition coefficient (Wildman–Crippen LogP) is 2.77. The van der Waals surface area contributed by atoms with Crippen molar-refractivity contribution in [3.8, 4) is 0 Å². The minimum absolute atomic E-state index is 0.00448. The van der Waals surface area contributed by atoms with Crippen molar-refractivity contribution < 1.29 is 14.7 Å². The van der Waals surface area contributed by atoms with Gasteiger partial charge in [0.05, 0.1) is 12.0 Å². The first-order valence-electron chi connectivity index (χ1n) is 7.02. The number of likely N-dealkylation sites (tertiary alicyclic amines) is 1. The molecule has 4 heteroatoms. The van der Waals surface area contributed by atoms with E-state index in [-0.39, 0.29) is 18.0 Å². The minimum Gasteiger partial charge on any atom is -0.481 e. The number of carboxylic acid groups (broad SMARTS) is 1. The summed E-state index contributed by atoms with van der Waals surface area (Å²) in [6.07, 6.45) is 0.730. The van der Waals surface area contributed by atoms with E-state index >= 15 is 0 Å². The predicted molar refractivity (Wildman–Crippen MR) is 76.3 cm³/mol. The maximum absolute atomic E-state index is 12.2. The van der Waals surface area contributed by atoms with Crippen molar-refractivity contribution in [2.45, 2.75) is 45.7 Å². The molecule has 0 aromatic heterocycles. The molecule has 0 aliphatic carbocycles. The highest BCUT2D eigenvalue weighted by Gasteiger charge is 2.41. The minimum atomic E-state index is -0.824. The van der Waals surface area contributed by atoms with Gasteiger partial charge in [0.2, 0.25) is 5.91 Å². The molecule has 1 fully saturated rings. The molecule has 0 spiro atoms. The van der Waals surface area contributed by atoms with Gasteiger partial charge in [-0.15, -0.1) is 0 Å². The monoisotopic (exact) mass is 275 g/mol. The first-order valence-corrected chi connectivity index (χ1v) is 7.02. The second-order valence-corrected chi connectivity index (χ2v) is 5.74. The number of piperidine rings is 1. The van der Waals surface area contributed by atoms with Crippen LogP contribution in [-0.4, -0.2) is 27.9 Å². The average molecular weight is 275 g/mol. The first-order chi connectivity index (χ1) is 9.41. The number of carboxylic acids is 1. The number of nitrogens with zero attached hydrogens (tertiary/aromatic N) is 1. The molecule has 1 aromatic rings. The summed E-state index contributed by atoms with van der Waals surface area (Å²) in [5.41, 5.74) is 1.99. The van der Waals surface area contributed by atoms with E-state index in [0.717, 1.165) is 11.1 Å². The number of hydrogen-bond acceptors (Lipinski definition) is 2. The Balaban J connectivity index is 2.48. The van der Waals surface area contributed by atoms with Crippen molar-refractivity contribution in [1.29, 1.82) is 0 Å². The zero-order chi connectivity index (χ0) is 14.9. The van der Waals surface area contributed by atoms with Crippen LogP contribution < -0.4 is 0 Å². The molecule has 1 amide bonds. The topological polar surface area (TPSA) is 57.6 Å². The fourth-order valence-electron chi connectivity index (χ4n) is 3.03. The lowest BCUT2D eigenvalue weighted by atomic mass is 9.83. The normalized spacial score (nSPS) is 23.2. The van der Waals surface area contributed by atoms with Gasteiger partial charge in [-0.25, -0.2) is 0 Å². The van der Waals surface area contributed by atoms with E-state index in [1.165, 1.54) is 0 Å². The Bertz CT molecular complexity index is 524. The molecule has 1 N–H and O–H groups in total. The summed E-state index contributed by atoms with van der Waals surface area (Å²) in [6.45, 7) is 5.85. The molecular formula is C16H21NO3. The molecule has 1 aromatic carbocycles. The molecule has 1 heterocycles. The van der Waals surface area contributed by atoms with Gasteiger partial charge in [-0.1, -0.05) is 29.8 Å². The third-order valence-corrected chi connectivity index (χ3v) is 3.90. The Labute approximate surface area is 119 Å². The summed E-state index contributed by atoms with van der Waals surface area (Å²) in [5, 5.41) is 9.49. The molecule has 1 saturated heterocycles. The van der Waals surface area contributed by atoms with Crippen LogP contribution in [0, 0.1) is 12.8 Å². The molecule has 0 radical (unpaired) electrons. The average Bonchev–Trinajstić information content (AvgIpc) is 2.37. The maximum atomic E-state index is 12.2. The van der Waals surface area contributed by atoms with Crippen LogP contribution in [0.5, 0.6) is 0 Å². The molecule has 108 valence electrons. The van der Waals surface area contributed by atoms with Crippen LogP contribution in [0.3, 0.4) is 0 Å². The molecule has 20 heavy (non-hydrogen) atoms. The van der Waals surface area contributed by atoms with Crippen molar-refractivity contribution in [2.24, 2.45) is 5.92 Å². The Morgan fingerprint density at radius 3 is 2.65 bits per heavy atom. The van der Waals surface area contributed by atoms with Crippen molar-refractivity contribution in [1.82, 2.24) is 4.90 Å². The molecule has 2 atom stereocenters. The summed E-state index contributed by atoms with van der Waals surface area (Å²) >= 11 is 0. The van der Waals surface area contributed by atoms with E-state index in [1.807, 2.05) is 45.0 Å². The third-order valence-electron chi connectivity index (χ3n) is 3.90. The number of carbonyl (C=O) groups excluding carboxylic acids is 1. The van der Waals surface area contributed by atoms with Crippen molar-refractivity contribution >= 4 is 11.9 Å². The Morgan fingerprint density at radius 2 is 2.10 bits per heavy atom. The zero-order valence-electron chi connectivity index (χ0n) is 12.2. The summed E-state index contributed by atoms with van der Waals surface area (Å²) < 4.78 is 0. The van der Waals surface area contributed by atoms with Crippen LogP contribution >= 0.6 is 0 Å². The number of carbonyl (C=O) groups is 2. The largest absolute Gasteiger partial charge is 0.481 e. The molecule has 4 nitrogen and oxygen atoms in total. The van der Waals surface area contributed by atoms with Gasteiger partial charge in [-0.3, -0.25) is 9.59 Å². The van der Waals surface area contributed by atoms with Crippen LogP contribution in [0.1, 0.15) is 43.9 Å². The van der Waals surface area contributed by atoms with Gasteiger partial charge in [-0.05, 0) is 32.8 Å². The van der Waals surface area contributed by atoms with Gasteiger partial charge < -0.3 is 10.0 Å². The molecule has 1 aliphatic rings. The van der Waals surface area contributed by atoms with Crippen molar-refractivity contribution in [3.63, 3.8) is 0 Å². The second-order valence-electron chi connectivity index (χ2n) is 5.74. The molecule has 0 bridgehead atoms. The Kier molecular flexibility index (Phi) is 4.12. The standard InChI is InChI=1S/C16H21NO3/c1-10(2)17-14(18)8-7-13(16(19)20)15(17)12-6-4-5-11(3)9-12/h4-6,9-10,13,15H,7-8H2,1-3H3,(H,19,20). The fourth-order valence-corrected chi connectivity index (χ4v) is 3.03. The third kappa shape index (κ3) is 2.69. The zero-order valence-corrected chi connectivity index (χ0v) is 12.2. The van der Waals surface area contributed by atoms with Gasteiger partial charge in [0.1, 0.15) is 0 Å². The van der Waals surface area contributed by atoms with E-state index in [9.17, 15) is 14.7 Å². The van der Waals surface area contributed by atoms with Gasteiger partial charge >= 0.3 is 5.97 Å². The highest BCUT2D eigenvalue weighted by atomic mass is 16.4. The van der Waals surface area contributed by atoms with Crippen molar-refractivity contribution in [2.75, 3.05) is 0 Å². The second kappa shape index (κ2) is 5.65. The van der Waals surface area contributed by atoms with E-state index in [4.69, 9.17) is 0 Å². The van der Waals surface area contributed by atoms with Crippen LogP contribution in [-0.2, 0) is 9.59 Å². The number of benzene rings is 1. The molecule has 0 saturated carbocycles. The lowest BCUT2D eigenvalue weighted by Crippen LogP contribution is -2.48. The summed E-state index contributed by atoms with van der Waals surface area (Å²) in [6, 6.07) is 7.42. The van der Waals surface area contributed by atoms with Gasteiger partial charge in [0.15, 0.2) is 0 Å². The SMILES string of the molecule is Cc1cccc(C2C(C(=O)O)CCC(=O)N2C(C)C)c1. The molecule has 2 unspecified atom stereocenters. The summed E-state index contributed by atoms with van der Waals surface area (Å²) in [4.78, 5) is 25.5. The van der Waals surface area contributed by atoms with Crippen LogP contribution in [0.25, 0.3) is 0 Å². The maximum Gasteiger partial charge on any atom is 0.308 e. The highest BCUT2D eigenvalue weighted by Crippen LogP contribution is 2.38. The number of hydrogen-bond donors (Lipinski definition) is 1. The number of rotatable bonds is 3. The summed E-state index contributed by atoms with van der Waals surface area (Å²) in [7, 11) is 0. The molecule has 1 aliphatic heterocycles. The molecule has 2 rings (SSSR count). The highest BCUT2D eigenvalue weighted by molar-refractivity contribution is 5.82. The van der Waals surface area contributed by atoms with E-state index in [2.05, 4.69) is 0 Å². The van der Waals surface area contributed by atoms with E-state index in [1.54, 1.807) is 4.90 Å². The fraction of sp³-hybridized carbons (Fsp3) is 0.500. The van der Waals surface area contributed by atoms with Gasteiger partial charge in [0, 0.05) is 12.5 Å². The molecular weight excluding hydrogens is 254 g/mol. The first kappa shape index (κ1) is 14.6. The van der Waals surface area contributed by atoms with E-state index in [0.29, 0.717) is 12.8 Å². The van der Waals surface area contributed by atoms with E-state index < -0.39 is 11.9 Å². The van der Waals surface area contributed by atoms with Gasteiger partial charge in [-0.2, -0.15) is 0 Å². The Morgan fingerprint density at radius 1 is 1.40 bits per heavy atom. The van der Waals surface area contributed by atoms with Crippen LogP contribution in [0.15, 0.2) is 24.3 Å². The lowest BCUT2D eigenvalue weighted by molar-refractivity contribution is -0.153. The lowest BCUT2D eigenvalue weighted by Gasteiger charge is -2.42. The van der Waals surface area contributed by atoms with Crippen LogP contribution in [0.4, 0.5) is 0 Å². The van der Waals surface area contributed by atoms with Crippen LogP contribution in [0.2, 0.25) is 0 Å². The van der Waals surface area contributed by atoms with Gasteiger partial charge in [0.25, 0.3) is 0 Å². The quantitative estimate of drug-likeness (QED) is 0.922. The Hall–Kier alpha value is -1.84. The smallest absolute Gasteiger partial charge is 0.308 e. The van der Waals surface area contributed by atoms with Crippen molar-refractivity contribution in [3.05, 3.63) is 35.4 Å². The number of aliphatic carboxylic acids is 1. The number of amides is 1. The number of aryl methyl sites for hydroxylation is 1.